The SMILES string of the molecule is CCCN1CCN(CCN(CC)CC)CC1. The summed E-state index contributed by atoms with van der Waals surface area (Å²) in [5.41, 5.74) is 0. The molecule has 1 fully saturated rings. The van der Waals surface area contributed by atoms with E-state index in [0.29, 0.717) is 0 Å². The van der Waals surface area contributed by atoms with Crippen molar-refractivity contribution in [1.29, 1.82) is 0 Å². The Bertz CT molecular complexity index is 161. The van der Waals surface area contributed by atoms with Gasteiger partial charge in [-0.2, -0.15) is 0 Å². The Labute approximate surface area is 101 Å². The van der Waals surface area contributed by atoms with Crippen molar-refractivity contribution in [2.75, 3.05) is 58.9 Å². The van der Waals surface area contributed by atoms with Gasteiger partial charge in [-0.15, -0.1) is 0 Å². The minimum absolute atomic E-state index is 1.19. The molecule has 3 nitrogen and oxygen atoms in total. The van der Waals surface area contributed by atoms with Crippen molar-refractivity contribution in [2.24, 2.45) is 0 Å². The second-order valence-corrected chi connectivity index (χ2v) is 4.71. The number of likely N-dealkylation sites (N-methyl/N-ethyl adjacent to an activating group) is 1. The van der Waals surface area contributed by atoms with Gasteiger partial charge in [-0.1, -0.05) is 20.8 Å². The second-order valence-electron chi connectivity index (χ2n) is 4.71. The summed E-state index contributed by atoms with van der Waals surface area (Å²) in [4.78, 5) is 7.72. The highest BCUT2D eigenvalue weighted by Gasteiger charge is 2.15. The molecule has 0 radical (unpaired) electrons. The van der Waals surface area contributed by atoms with E-state index in [1.807, 2.05) is 0 Å². The van der Waals surface area contributed by atoms with Gasteiger partial charge in [0.25, 0.3) is 0 Å². The van der Waals surface area contributed by atoms with Crippen LogP contribution in [0, 0.1) is 0 Å². The first-order chi connectivity index (χ1) is 7.80. The molecule has 1 heterocycles. The van der Waals surface area contributed by atoms with Crippen LogP contribution in [0.25, 0.3) is 0 Å². The largest absolute Gasteiger partial charge is 0.303 e. The van der Waals surface area contributed by atoms with Gasteiger partial charge in [-0.3, -0.25) is 4.90 Å². The van der Waals surface area contributed by atoms with E-state index in [0.717, 1.165) is 0 Å². The van der Waals surface area contributed by atoms with Crippen LogP contribution in [0.4, 0.5) is 0 Å². The lowest BCUT2D eigenvalue weighted by molar-refractivity contribution is 0.120. The summed E-state index contributed by atoms with van der Waals surface area (Å²) in [6, 6.07) is 0. The molecule has 0 atom stereocenters. The van der Waals surface area contributed by atoms with Gasteiger partial charge in [-0.25, -0.2) is 0 Å². The van der Waals surface area contributed by atoms with E-state index in [-0.39, 0.29) is 0 Å². The Kier molecular flexibility index (Phi) is 7.01. The van der Waals surface area contributed by atoms with E-state index >= 15 is 0 Å². The van der Waals surface area contributed by atoms with Crippen molar-refractivity contribution in [2.45, 2.75) is 27.2 Å². The van der Waals surface area contributed by atoms with Crippen LogP contribution in [-0.4, -0.2) is 73.6 Å². The number of rotatable bonds is 7. The van der Waals surface area contributed by atoms with Crippen LogP contribution in [0.15, 0.2) is 0 Å². The monoisotopic (exact) mass is 227 g/mol. The lowest BCUT2D eigenvalue weighted by Crippen LogP contribution is -2.48. The van der Waals surface area contributed by atoms with E-state index in [2.05, 4.69) is 35.5 Å². The molecule has 96 valence electrons. The fraction of sp³-hybridized carbons (Fsp3) is 1.00. The highest BCUT2D eigenvalue weighted by Crippen LogP contribution is 2.02. The molecule has 0 aromatic rings. The molecule has 0 N–H and O–H groups in total. The molecule has 0 saturated carbocycles. The second kappa shape index (κ2) is 8.04. The van der Waals surface area contributed by atoms with Crippen LogP contribution in [0.2, 0.25) is 0 Å². The molecule has 1 aliphatic heterocycles. The Morgan fingerprint density at radius 1 is 0.812 bits per heavy atom. The highest BCUT2D eigenvalue weighted by atomic mass is 15.3. The standard InChI is InChI=1S/C13H29N3/c1-4-7-15-10-12-16(13-11-15)9-8-14(5-2)6-3/h4-13H2,1-3H3. The van der Waals surface area contributed by atoms with Gasteiger partial charge in [0.1, 0.15) is 0 Å². The zero-order valence-electron chi connectivity index (χ0n) is 11.4. The topological polar surface area (TPSA) is 9.72 Å². The van der Waals surface area contributed by atoms with Crippen molar-refractivity contribution in [3.8, 4) is 0 Å². The van der Waals surface area contributed by atoms with E-state index in [9.17, 15) is 0 Å². The Morgan fingerprint density at radius 3 is 1.75 bits per heavy atom. The molecule has 0 unspecified atom stereocenters. The summed E-state index contributed by atoms with van der Waals surface area (Å²) in [6.45, 7) is 18.0. The third-order valence-corrected chi connectivity index (χ3v) is 3.63. The maximum atomic E-state index is 2.62. The number of hydrogen-bond donors (Lipinski definition) is 0. The molecule has 0 aromatic heterocycles. The van der Waals surface area contributed by atoms with Crippen LogP contribution in [0.3, 0.4) is 0 Å². The first kappa shape index (κ1) is 13.9. The lowest BCUT2D eigenvalue weighted by Gasteiger charge is -2.35. The van der Waals surface area contributed by atoms with E-state index in [1.165, 1.54) is 65.3 Å². The van der Waals surface area contributed by atoms with Crippen LogP contribution >= 0.6 is 0 Å². The quantitative estimate of drug-likeness (QED) is 0.650. The molecule has 0 aromatic carbocycles. The van der Waals surface area contributed by atoms with Gasteiger partial charge in [0.2, 0.25) is 0 Å². The average molecular weight is 227 g/mol. The highest BCUT2D eigenvalue weighted by molar-refractivity contribution is 4.72. The minimum Gasteiger partial charge on any atom is -0.303 e. The van der Waals surface area contributed by atoms with Gasteiger partial charge in [0.15, 0.2) is 0 Å². The summed E-state index contributed by atoms with van der Waals surface area (Å²) in [7, 11) is 0. The number of nitrogens with zero attached hydrogens (tertiary/aromatic N) is 3. The molecule has 0 spiro atoms. The summed E-state index contributed by atoms with van der Waals surface area (Å²) in [5.74, 6) is 0. The van der Waals surface area contributed by atoms with Crippen LogP contribution < -0.4 is 0 Å². The maximum absolute atomic E-state index is 2.62. The Morgan fingerprint density at radius 2 is 1.31 bits per heavy atom. The number of piperazine rings is 1. The Hall–Kier alpha value is -0.120. The zero-order valence-corrected chi connectivity index (χ0v) is 11.4. The van der Waals surface area contributed by atoms with Gasteiger partial charge in [0.05, 0.1) is 0 Å². The molecule has 1 rings (SSSR count). The van der Waals surface area contributed by atoms with Gasteiger partial charge in [0, 0.05) is 39.3 Å². The van der Waals surface area contributed by atoms with Gasteiger partial charge >= 0.3 is 0 Å². The van der Waals surface area contributed by atoms with Gasteiger partial charge < -0.3 is 9.80 Å². The number of hydrogen-bond acceptors (Lipinski definition) is 3. The zero-order chi connectivity index (χ0) is 11.8. The van der Waals surface area contributed by atoms with Crippen molar-refractivity contribution in [1.82, 2.24) is 14.7 Å². The van der Waals surface area contributed by atoms with Crippen molar-refractivity contribution >= 4 is 0 Å². The normalized spacial score (nSPS) is 19.5. The van der Waals surface area contributed by atoms with Crippen LogP contribution in [0.5, 0.6) is 0 Å². The minimum atomic E-state index is 1.19. The summed E-state index contributed by atoms with van der Waals surface area (Å²) in [6.07, 6.45) is 1.29. The predicted molar refractivity (Wildman–Crippen MR) is 71.0 cm³/mol. The van der Waals surface area contributed by atoms with Crippen LogP contribution in [-0.2, 0) is 0 Å². The Balaban J connectivity index is 2.12. The molecular weight excluding hydrogens is 198 g/mol. The molecule has 16 heavy (non-hydrogen) atoms. The average Bonchev–Trinajstić information content (AvgIpc) is 2.33. The van der Waals surface area contributed by atoms with E-state index in [4.69, 9.17) is 0 Å². The third-order valence-electron chi connectivity index (χ3n) is 3.63. The molecule has 0 aliphatic carbocycles. The molecule has 1 aliphatic rings. The summed E-state index contributed by atoms with van der Waals surface area (Å²) in [5, 5.41) is 0. The summed E-state index contributed by atoms with van der Waals surface area (Å²) >= 11 is 0. The molecule has 0 bridgehead atoms. The van der Waals surface area contributed by atoms with Crippen molar-refractivity contribution < 1.29 is 0 Å². The summed E-state index contributed by atoms with van der Waals surface area (Å²) < 4.78 is 0. The fourth-order valence-corrected chi connectivity index (χ4v) is 2.38. The van der Waals surface area contributed by atoms with Crippen LogP contribution in [0.1, 0.15) is 27.2 Å². The first-order valence-electron chi connectivity index (χ1n) is 6.97. The van der Waals surface area contributed by atoms with Crippen molar-refractivity contribution in [3.05, 3.63) is 0 Å². The molecule has 1 saturated heterocycles. The molecule has 0 amide bonds. The van der Waals surface area contributed by atoms with E-state index < -0.39 is 0 Å². The maximum Gasteiger partial charge on any atom is 0.0110 e. The predicted octanol–water partition coefficient (Wildman–Crippen LogP) is 1.36. The van der Waals surface area contributed by atoms with Gasteiger partial charge in [-0.05, 0) is 26.1 Å². The molecule has 3 heteroatoms. The first-order valence-corrected chi connectivity index (χ1v) is 6.97. The fourth-order valence-electron chi connectivity index (χ4n) is 2.38. The van der Waals surface area contributed by atoms with E-state index in [1.54, 1.807) is 0 Å². The van der Waals surface area contributed by atoms with Crippen molar-refractivity contribution in [3.63, 3.8) is 0 Å². The lowest BCUT2D eigenvalue weighted by atomic mass is 10.3. The molecular formula is C13H29N3. The third kappa shape index (κ3) is 4.81. The smallest absolute Gasteiger partial charge is 0.0110 e.